The summed E-state index contributed by atoms with van der Waals surface area (Å²) < 4.78 is 14.5. The van der Waals surface area contributed by atoms with E-state index in [9.17, 15) is 9.18 Å². The number of fused-ring (bicyclic) bond motifs is 3. The summed E-state index contributed by atoms with van der Waals surface area (Å²) >= 11 is 0. The summed E-state index contributed by atoms with van der Waals surface area (Å²) in [4.78, 5) is 23.2. The molecule has 5 nitrogen and oxygen atoms in total. The number of hydrogen-bond donors (Lipinski definition) is 1. The van der Waals surface area contributed by atoms with Crippen LogP contribution in [-0.4, -0.2) is 39.4 Å². The van der Waals surface area contributed by atoms with Gasteiger partial charge in [0, 0.05) is 36.6 Å². The monoisotopic (exact) mass is 326 g/mol. The predicted octanol–water partition coefficient (Wildman–Crippen LogP) is 2.23. The molecule has 124 valence electrons. The molecule has 3 aliphatic rings. The first-order chi connectivity index (χ1) is 11.6. The number of carbonyl (C=O) groups is 1. The zero-order valence-electron chi connectivity index (χ0n) is 13.2. The van der Waals surface area contributed by atoms with Crippen LogP contribution in [0.15, 0.2) is 36.7 Å². The van der Waals surface area contributed by atoms with Gasteiger partial charge in [-0.25, -0.2) is 14.4 Å². The number of piperidine rings is 2. The number of carbonyl (C=O) groups excluding carboxylic acids is 1. The first kappa shape index (κ1) is 15.2. The molecule has 1 aliphatic carbocycles. The minimum absolute atomic E-state index is 0.00773. The Morgan fingerprint density at radius 1 is 1.21 bits per heavy atom. The number of amides is 1. The number of benzene rings is 1. The van der Waals surface area contributed by atoms with Gasteiger partial charge in [0.1, 0.15) is 5.82 Å². The van der Waals surface area contributed by atoms with E-state index >= 15 is 0 Å². The number of nitrogens with zero attached hydrogens (tertiary/aromatic N) is 3. The number of nitrogens with two attached hydrogens (primary N) is 1. The van der Waals surface area contributed by atoms with Gasteiger partial charge in [0.15, 0.2) is 5.82 Å². The van der Waals surface area contributed by atoms with Crippen molar-refractivity contribution in [1.29, 1.82) is 0 Å². The van der Waals surface area contributed by atoms with Crippen LogP contribution in [0.1, 0.15) is 29.6 Å². The molecule has 2 aromatic rings. The van der Waals surface area contributed by atoms with Crippen molar-refractivity contribution in [3.05, 3.63) is 48.0 Å². The summed E-state index contributed by atoms with van der Waals surface area (Å²) in [5, 5.41) is 0. The average Bonchev–Trinajstić information content (AvgIpc) is 2.62. The molecule has 1 aromatic carbocycles. The summed E-state index contributed by atoms with van der Waals surface area (Å²) in [6.07, 6.45) is 6.10. The Bertz CT molecular complexity index is 767. The van der Waals surface area contributed by atoms with E-state index in [1.165, 1.54) is 6.07 Å². The van der Waals surface area contributed by atoms with Gasteiger partial charge in [0.05, 0.1) is 5.56 Å². The normalized spacial score (nSPS) is 25.8. The summed E-state index contributed by atoms with van der Waals surface area (Å²) in [6.45, 7) is 0.653. The van der Waals surface area contributed by atoms with Gasteiger partial charge < -0.3 is 10.6 Å². The fraction of sp³-hybridized carbons (Fsp3) is 0.389. The lowest BCUT2D eigenvalue weighted by atomic mass is 9.76. The lowest BCUT2D eigenvalue weighted by Gasteiger charge is -2.48. The molecule has 0 radical (unpaired) electrons. The van der Waals surface area contributed by atoms with Gasteiger partial charge in [0.2, 0.25) is 0 Å². The van der Waals surface area contributed by atoms with Crippen LogP contribution in [0, 0.1) is 11.7 Å². The van der Waals surface area contributed by atoms with Gasteiger partial charge in [-0.1, -0.05) is 12.1 Å². The van der Waals surface area contributed by atoms with Crippen LogP contribution in [-0.2, 0) is 0 Å². The third-order valence-corrected chi connectivity index (χ3v) is 5.12. The summed E-state index contributed by atoms with van der Waals surface area (Å²) in [5.74, 6) is -0.0793. The molecule has 24 heavy (non-hydrogen) atoms. The molecular formula is C18H19FN4O. The van der Waals surface area contributed by atoms with Crippen molar-refractivity contribution >= 4 is 5.91 Å². The van der Waals surface area contributed by atoms with E-state index in [2.05, 4.69) is 9.97 Å². The van der Waals surface area contributed by atoms with Crippen molar-refractivity contribution in [2.24, 2.45) is 11.7 Å². The largest absolute Gasteiger partial charge is 0.334 e. The van der Waals surface area contributed by atoms with Gasteiger partial charge in [-0.15, -0.1) is 0 Å². The Morgan fingerprint density at radius 3 is 2.71 bits per heavy atom. The van der Waals surface area contributed by atoms with E-state index in [4.69, 9.17) is 5.73 Å². The lowest BCUT2D eigenvalue weighted by Crippen LogP contribution is -2.60. The van der Waals surface area contributed by atoms with Crippen LogP contribution in [0.5, 0.6) is 0 Å². The Balaban J connectivity index is 1.75. The van der Waals surface area contributed by atoms with E-state index in [-0.39, 0.29) is 23.6 Å². The highest BCUT2D eigenvalue weighted by atomic mass is 19.1. The van der Waals surface area contributed by atoms with Gasteiger partial charge in [0.25, 0.3) is 5.91 Å². The van der Waals surface area contributed by atoms with Crippen LogP contribution in [0.4, 0.5) is 4.39 Å². The molecule has 6 heteroatoms. The van der Waals surface area contributed by atoms with Gasteiger partial charge in [-0.05, 0) is 37.3 Å². The molecule has 2 N–H and O–H groups in total. The van der Waals surface area contributed by atoms with Crippen LogP contribution < -0.4 is 5.73 Å². The molecule has 2 bridgehead atoms. The minimum Gasteiger partial charge on any atom is -0.334 e. The van der Waals surface area contributed by atoms with Crippen molar-refractivity contribution in [2.75, 3.05) is 6.54 Å². The molecule has 2 aliphatic heterocycles. The molecule has 3 atom stereocenters. The van der Waals surface area contributed by atoms with Crippen molar-refractivity contribution in [1.82, 2.24) is 14.9 Å². The molecule has 1 amide bonds. The van der Waals surface area contributed by atoms with E-state index in [1.807, 2.05) is 0 Å². The van der Waals surface area contributed by atoms with E-state index < -0.39 is 5.82 Å². The fourth-order valence-electron chi connectivity index (χ4n) is 3.99. The zero-order chi connectivity index (χ0) is 16.7. The number of rotatable bonds is 2. The molecule has 0 spiro atoms. The van der Waals surface area contributed by atoms with Crippen LogP contribution in [0.25, 0.3) is 11.4 Å². The highest BCUT2D eigenvalue weighted by molar-refractivity contribution is 6.00. The third-order valence-electron chi connectivity index (χ3n) is 5.12. The van der Waals surface area contributed by atoms with Gasteiger partial charge in [-0.2, -0.15) is 0 Å². The summed E-state index contributed by atoms with van der Waals surface area (Å²) in [7, 11) is 0. The second-order valence-corrected chi connectivity index (χ2v) is 6.60. The number of hydrogen-bond acceptors (Lipinski definition) is 4. The molecule has 1 aromatic heterocycles. The zero-order valence-corrected chi connectivity index (χ0v) is 13.2. The highest BCUT2D eigenvalue weighted by Gasteiger charge is 2.42. The van der Waals surface area contributed by atoms with Crippen molar-refractivity contribution in [3.63, 3.8) is 0 Å². The van der Waals surface area contributed by atoms with Gasteiger partial charge in [-0.3, -0.25) is 4.79 Å². The number of aromatic nitrogens is 2. The maximum atomic E-state index is 14.5. The van der Waals surface area contributed by atoms with E-state index in [0.29, 0.717) is 23.9 Å². The van der Waals surface area contributed by atoms with Crippen LogP contribution >= 0.6 is 0 Å². The molecule has 3 unspecified atom stereocenters. The summed E-state index contributed by atoms with van der Waals surface area (Å²) in [5.41, 5.74) is 6.67. The first-order valence-electron chi connectivity index (χ1n) is 8.27. The molecule has 1 saturated carbocycles. The van der Waals surface area contributed by atoms with Crippen molar-refractivity contribution in [3.8, 4) is 11.4 Å². The Labute approximate surface area is 139 Å². The Morgan fingerprint density at radius 2 is 2.00 bits per heavy atom. The van der Waals surface area contributed by atoms with Crippen LogP contribution in [0.3, 0.4) is 0 Å². The molecular weight excluding hydrogens is 307 g/mol. The van der Waals surface area contributed by atoms with Gasteiger partial charge >= 0.3 is 0 Å². The smallest absolute Gasteiger partial charge is 0.257 e. The first-order valence-corrected chi connectivity index (χ1v) is 8.27. The molecule has 2 saturated heterocycles. The Kier molecular flexibility index (Phi) is 3.76. The number of halogens is 1. The average molecular weight is 326 g/mol. The molecule has 5 rings (SSSR count). The maximum absolute atomic E-state index is 14.5. The standard InChI is InChI=1S/C18H19FN4O/c19-13-4-1-3-12(17-21-7-2-8-22-17)16(13)18(24)23-10-11-5-6-15(23)14(20)9-11/h1-4,7-8,11,14-15H,5-6,9-10,20H2. The van der Waals surface area contributed by atoms with Crippen molar-refractivity contribution < 1.29 is 9.18 Å². The maximum Gasteiger partial charge on any atom is 0.257 e. The SMILES string of the molecule is NC1CC2CCC1N(C(=O)c1c(F)cccc1-c1ncccn1)C2. The predicted molar refractivity (Wildman–Crippen MR) is 87.6 cm³/mol. The Hall–Kier alpha value is -2.34. The quantitative estimate of drug-likeness (QED) is 0.918. The molecule has 3 heterocycles. The summed E-state index contributed by atoms with van der Waals surface area (Å²) in [6, 6.07) is 6.23. The van der Waals surface area contributed by atoms with E-state index in [1.54, 1.807) is 35.5 Å². The van der Waals surface area contributed by atoms with E-state index in [0.717, 1.165) is 19.3 Å². The van der Waals surface area contributed by atoms with Crippen LogP contribution in [0.2, 0.25) is 0 Å². The van der Waals surface area contributed by atoms with Crippen molar-refractivity contribution in [2.45, 2.75) is 31.3 Å². The molecule has 3 fully saturated rings. The lowest BCUT2D eigenvalue weighted by molar-refractivity contribution is 0.0246. The second-order valence-electron chi connectivity index (χ2n) is 6.60. The minimum atomic E-state index is -0.542. The fourth-order valence-corrected chi connectivity index (χ4v) is 3.99. The third kappa shape index (κ3) is 2.47. The second kappa shape index (κ2) is 5.94. The topological polar surface area (TPSA) is 72.1 Å². The highest BCUT2D eigenvalue weighted by Crippen LogP contribution is 2.36.